The van der Waals surface area contributed by atoms with Gasteiger partial charge in [-0.2, -0.15) is 0 Å². The standard InChI is InChI=1S/C20H29ClN2O3S/c1-22(18-8-3-2-4-9-18)20(24)16-11-13-23(14-12-16)27(25,26)15-17-7-5-6-10-19(17)21/h5-7,10,16,18H,2-4,8-9,11-15H2,1H3. The van der Waals surface area contributed by atoms with Crippen molar-refractivity contribution in [2.75, 3.05) is 20.1 Å². The fraction of sp³-hybridized carbons (Fsp3) is 0.650. The molecule has 1 saturated carbocycles. The zero-order valence-electron chi connectivity index (χ0n) is 15.9. The Morgan fingerprint density at radius 2 is 1.74 bits per heavy atom. The van der Waals surface area contributed by atoms with Crippen molar-refractivity contribution in [2.24, 2.45) is 5.92 Å². The molecular weight excluding hydrogens is 384 g/mol. The number of hydrogen-bond acceptors (Lipinski definition) is 3. The van der Waals surface area contributed by atoms with Crippen LogP contribution in [0.2, 0.25) is 5.02 Å². The first-order chi connectivity index (χ1) is 12.9. The number of hydrogen-bond donors (Lipinski definition) is 0. The molecule has 3 rings (SSSR count). The molecule has 2 fully saturated rings. The Kier molecular flexibility index (Phi) is 6.82. The highest BCUT2D eigenvalue weighted by Crippen LogP contribution is 2.28. The fourth-order valence-corrected chi connectivity index (χ4v) is 6.10. The van der Waals surface area contributed by atoms with Crippen LogP contribution in [0.25, 0.3) is 0 Å². The maximum absolute atomic E-state index is 12.8. The second-order valence-corrected chi connectivity index (χ2v) is 10.1. The van der Waals surface area contributed by atoms with Gasteiger partial charge in [-0.05, 0) is 37.3 Å². The number of amides is 1. The molecule has 1 saturated heterocycles. The van der Waals surface area contributed by atoms with E-state index in [-0.39, 0.29) is 17.6 Å². The van der Waals surface area contributed by atoms with E-state index >= 15 is 0 Å². The van der Waals surface area contributed by atoms with Gasteiger partial charge in [-0.3, -0.25) is 4.79 Å². The predicted molar refractivity (Wildman–Crippen MR) is 108 cm³/mol. The minimum absolute atomic E-state index is 0.0660. The van der Waals surface area contributed by atoms with E-state index in [1.807, 2.05) is 11.9 Å². The van der Waals surface area contributed by atoms with Crippen LogP contribution in [-0.2, 0) is 20.6 Å². The summed E-state index contributed by atoms with van der Waals surface area (Å²) >= 11 is 6.11. The molecule has 0 bridgehead atoms. The third-order valence-corrected chi connectivity index (χ3v) is 8.16. The molecule has 5 nitrogen and oxygen atoms in total. The van der Waals surface area contributed by atoms with Crippen molar-refractivity contribution in [3.63, 3.8) is 0 Å². The second-order valence-electron chi connectivity index (χ2n) is 7.76. The fourth-order valence-electron chi connectivity index (χ4n) is 4.22. The lowest BCUT2D eigenvalue weighted by molar-refractivity contribution is -0.138. The lowest BCUT2D eigenvalue weighted by Crippen LogP contribution is -2.46. The molecular formula is C20H29ClN2O3S. The molecule has 1 aliphatic carbocycles. The summed E-state index contributed by atoms with van der Waals surface area (Å²) < 4.78 is 27.0. The van der Waals surface area contributed by atoms with E-state index in [0.29, 0.717) is 42.6 Å². The number of rotatable bonds is 5. The Balaban J connectivity index is 1.56. The number of sulfonamides is 1. The van der Waals surface area contributed by atoms with Gasteiger partial charge in [-0.25, -0.2) is 12.7 Å². The number of halogens is 1. The molecule has 0 spiro atoms. The average Bonchev–Trinajstić information content (AvgIpc) is 2.69. The molecule has 0 N–H and O–H groups in total. The number of carbonyl (C=O) groups is 1. The van der Waals surface area contributed by atoms with Crippen molar-refractivity contribution in [1.29, 1.82) is 0 Å². The summed E-state index contributed by atoms with van der Waals surface area (Å²) in [5, 5.41) is 0.472. The molecule has 2 aliphatic rings. The van der Waals surface area contributed by atoms with Crippen molar-refractivity contribution in [2.45, 2.75) is 56.7 Å². The maximum atomic E-state index is 12.8. The molecule has 1 aromatic rings. The SMILES string of the molecule is CN(C(=O)C1CCN(S(=O)(=O)Cc2ccccc2Cl)CC1)C1CCCCC1. The van der Waals surface area contributed by atoms with Gasteiger partial charge in [0, 0.05) is 37.1 Å². The van der Waals surface area contributed by atoms with Crippen LogP contribution in [0.4, 0.5) is 0 Å². The second kappa shape index (κ2) is 8.93. The Morgan fingerprint density at radius 3 is 2.37 bits per heavy atom. The van der Waals surface area contributed by atoms with E-state index in [4.69, 9.17) is 11.6 Å². The predicted octanol–water partition coefficient (Wildman–Crippen LogP) is 3.67. The van der Waals surface area contributed by atoms with Gasteiger partial charge in [0.2, 0.25) is 15.9 Å². The van der Waals surface area contributed by atoms with Gasteiger partial charge in [0.15, 0.2) is 0 Å². The summed E-state index contributed by atoms with van der Waals surface area (Å²) in [5.41, 5.74) is 0.620. The van der Waals surface area contributed by atoms with Crippen molar-refractivity contribution in [1.82, 2.24) is 9.21 Å². The van der Waals surface area contributed by atoms with Gasteiger partial charge in [-0.1, -0.05) is 49.1 Å². The summed E-state index contributed by atoms with van der Waals surface area (Å²) in [7, 11) is -1.51. The minimum Gasteiger partial charge on any atom is -0.343 e. The molecule has 1 heterocycles. The molecule has 150 valence electrons. The summed E-state index contributed by atoms with van der Waals surface area (Å²) in [5.74, 6) is 0.0292. The van der Waals surface area contributed by atoms with Crippen molar-refractivity contribution < 1.29 is 13.2 Å². The van der Waals surface area contributed by atoms with Gasteiger partial charge in [-0.15, -0.1) is 0 Å². The maximum Gasteiger partial charge on any atom is 0.225 e. The lowest BCUT2D eigenvalue weighted by atomic mass is 9.91. The quantitative estimate of drug-likeness (QED) is 0.741. The lowest BCUT2D eigenvalue weighted by Gasteiger charge is -2.36. The van der Waals surface area contributed by atoms with Crippen LogP contribution in [0.3, 0.4) is 0 Å². The summed E-state index contributed by atoms with van der Waals surface area (Å²) in [6.07, 6.45) is 7.03. The highest BCUT2D eigenvalue weighted by atomic mass is 35.5. The molecule has 0 unspecified atom stereocenters. The van der Waals surface area contributed by atoms with E-state index in [2.05, 4.69) is 0 Å². The number of nitrogens with zero attached hydrogens (tertiary/aromatic N) is 2. The van der Waals surface area contributed by atoms with Crippen LogP contribution in [0.1, 0.15) is 50.5 Å². The van der Waals surface area contributed by atoms with Crippen molar-refractivity contribution in [3.8, 4) is 0 Å². The Labute approximate surface area is 167 Å². The zero-order valence-corrected chi connectivity index (χ0v) is 17.5. The Hall–Kier alpha value is -1.11. The third-order valence-electron chi connectivity index (χ3n) is 5.96. The molecule has 0 aromatic heterocycles. The third kappa shape index (κ3) is 5.04. The van der Waals surface area contributed by atoms with Gasteiger partial charge in [0.25, 0.3) is 0 Å². The highest BCUT2D eigenvalue weighted by Gasteiger charge is 2.34. The highest BCUT2D eigenvalue weighted by molar-refractivity contribution is 7.88. The molecule has 0 radical (unpaired) electrons. The van der Waals surface area contributed by atoms with Crippen LogP contribution in [-0.4, -0.2) is 49.7 Å². The minimum atomic E-state index is -3.42. The average molecular weight is 413 g/mol. The van der Waals surface area contributed by atoms with E-state index < -0.39 is 10.0 Å². The van der Waals surface area contributed by atoms with E-state index in [1.54, 1.807) is 24.3 Å². The number of carbonyl (C=O) groups excluding carboxylic acids is 1. The van der Waals surface area contributed by atoms with Crippen LogP contribution in [0.5, 0.6) is 0 Å². The molecule has 1 amide bonds. The topological polar surface area (TPSA) is 57.7 Å². The summed E-state index contributed by atoms with van der Waals surface area (Å²) in [4.78, 5) is 14.8. The Bertz CT molecular complexity index is 754. The van der Waals surface area contributed by atoms with Crippen LogP contribution in [0.15, 0.2) is 24.3 Å². The molecule has 0 atom stereocenters. The molecule has 1 aromatic carbocycles. The first-order valence-electron chi connectivity index (χ1n) is 9.86. The van der Waals surface area contributed by atoms with Crippen LogP contribution in [0, 0.1) is 5.92 Å². The van der Waals surface area contributed by atoms with Gasteiger partial charge in [0.05, 0.1) is 5.75 Å². The number of piperidine rings is 1. The molecule has 1 aliphatic heterocycles. The van der Waals surface area contributed by atoms with Gasteiger partial charge in [0.1, 0.15) is 0 Å². The Morgan fingerprint density at radius 1 is 1.11 bits per heavy atom. The normalized spacial score (nSPS) is 20.5. The van der Waals surface area contributed by atoms with Crippen molar-refractivity contribution >= 4 is 27.5 Å². The summed E-state index contributed by atoms with van der Waals surface area (Å²) in [6.45, 7) is 0.809. The first kappa shape index (κ1) is 20.6. The van der Waals surface area contributed by atoms with Gasteiger partial charge >= 0.3 is 0 Å². The van der Waals surface area contributed by atoms with Crippen molar-refractivity contribution in [3.05, 3.63) is 34.9 Å². The van der Waals surface area contributed by atoms with E-state index in [9.17, 15) is 13.2 Å². The first-order valence-corrected chi connectivity index (χ1v) is 11.8. The van der Waals surface area contributed by atoms with E-state index in [0.717, 1.165) is 12.8 Å². The van der Waals surface area contributed by atoms with Crippen LogP contribution < -0.4 is 0 Å². The number of benzene rings is 1. The summed E-state index contributed by atoms with van der Waals surface area (Å²) in [6, 6.07) is 7.39. The van der Waals surface area contributed by atoms with Gasteiger partial charge < -0.3 is 4.90 Å². The molecule has 27 heavy (non-hydrogen) atoms. The monoisotopic (exact) mass is 412 g/mol. The zero-order chi connectivity index (χ0) is 19.4. The molecule has 7 heteroatoms. The largest absolute Gasteiger partial charge is 0.343 e. The smallest absolute Gasteiger partial charge is 0.225 e. The van der Waals surface area contributed by atoms with Crippen LogP contribution >= 0.6 is 11.6 Å². The van der Waals surface area contributed by atoms with E-state index in [1.165, 1.54) is 23.6 Å².